The molecule has 0 unspecified atom stereocenters. The van der Waals surface area contributed by atoms with Gasteiger partial charge in [-0.2, -0.15) is 0 Å². The Bertz CT molecular complexity index is 1240. The molecule has 3 aromatic carbocycles. The molecule has 0 aliphatic heterocycles. The normalized spacial score (nSPS) is 10.9. The number of rotatable bonds is 5. The van der Waals surface area contributed by atoms with Crippen LogP contribution in [0.5, 0.6) is 0 Å². The van der Waals surface area contributed by atoms with Gasteiger partial charge >= 0.3 is 5.97 Å². The summed E-state index contributed by atoms with van der Waals surface area (Å²) in [6, 6.07) is 15.2. The molecule has 4 aromatic rings. The lowest BCUT2D eigenvalue weighted by molar-refractivity contribution is 0.0528. The van der Waals surface area contributed by atoms with E-state index in [9.17, 15) is 13.6 Å². The van der Waals surface area contributed by atoms with Gasteiger partial charge < -0.3 is 13.9 Å². The average Bonchev–Trinajstić information content (AvgIpc) is 3.12. The number of nitrogens with one attached hydrogen (secondary N) is 1. The number of carbonyl (C=O) groups is 1. The number of esters is 1. The van der Waals surface area contributed by atoms with Crippen molar-refractivity contribution in [1.29, 1.82) is 0 Å². The van der Waals surface area contributed by atoms with E-state index in [1.54, 1.807) is 37.3 Å². The molecular weight excluding hydrogens is 408 g/mol. The van der Waals surface area contributed by atoms with Gasteiger partial charge in [-0.15, -0.1) is 0 Å². The van der Waals surface area contributed by atoms with Crippen molar-refractivity contribution in [1.82, 2.24) is 0 Å². The molecule has 0 atom stereocenters. The summed E-state index contributed by atoms with van der Waals surface area (Å²) in [6.45, 7) is 1.87. The highest BCUT2D eigenvalue weighted by atomic mass is 32.1. The number of halogens is 2. The number of carbonyl (C=O) groups excluding carboxylic acids is 1. The number of furan rings is 1. The molecule has 0 amide bonds. The number of anilines is 1. The van der Waals surface area contributed by atoms with Crippen molar-refractivity contribution >= 4 is 35.4 Å². The third-order valence-corrected chi connectivity index (χ3v) is 4.94. The number of hydrogen-bond donors (Lipinski definition) is 2. The van der Waals surface area contributed by atoms with Crippen LogP contribution in [0.25, 0.3) is 33.4 Å². The Morgan fingerprint density at radius 1 is 1.07 bits per heavy atom. The summed E-state index contributed by atoms with van der Waals surface area (Å²) in [7, 11) is 0. The van der Waals surface area contributed by atoms with Gasteiger partial charge in [0.25, 0.3) is 0 Å². The molecule has 1 aromatic heterocycles. The number of benzene rings is 3. The molecule has 7 heteroatoms. The molecule has 1 heterocycles. The first-order valence-corrected chi connectivity index (χ1v) is 9.66. The fourth-order valence-electron chi connectivity index (χ4n) is 3.35. The van der Waals surface area contributed by atoms with Crippen LogP contribution < -0.4 is 4.72 Å². The summed E-state index contributed by atoms with van der Waals surface area (Å²) in [5, 5.41) is 0.457. The van der Waals surface area contributed by atoms with E-state index in [0.29, 0.717) is 33.3 Å². The molecule has 4 rings (SSSR count). The lowest BCUT2D eigenvalue weighted by Gasteiger charge is -2.10. The highest BCUT2D eigenvalue weighted by Crippen LogP contribution is 2.40. The standard InChI is InChI=1S/C23H17F2NO3S/c1-2-28-23(27)21-17-11-16(15-5-3-4-6-18(15)25)19(26-30)12-20(17)29-22(21)13-7-9-14(24)10-8-13/h3-12,26,30H,2H2,1H3. The van der Waals surface area contributed by atoms with Gasteiger partial charge in [0.1, 0.15) is 28.5 Å². The monoisotopic (exact) mass is 425 g/mol. The van der Waals surface area contributed by atoms with Gasteiger partial charge in [0.2, 0.25) is 0 Å². The van der Waals surface area contributed by atoms with Crippen LogP contribution in [-0.2, 0) is 4.74 Å². The van der Waals surface area contributed by atoms with Crippen LogP contribution in [0, 0.1) is 11.6 Å². The van der Waals surface area contributed by atoms with Crippen molar-refractivity contribution in [2.24, 2.45) is 0 Å². The first-order chi connectivity index (χ1) is 14.5. The van der Waals surface area contributed by atoms with Gasteiger partial charge in [0.15, 0.2) is 0 Å². The summed E-state index contributed by atoms with van der Waals surface area (Å²) in [4.78, 5) is 12.8. The van der Waals surface area contributed by atoms with Gasteiger partial charge in [-0.1, -0.05) is 31.0 Å². The summed E-state index contributed by atoms with van der Waals surface area (Å²) >= 11 is 4.13. The highest BCUT2D eigenvalue weighted by Gasteiger charge is 2.25. The molecule has 0 saturated heterocycles. The van der Waals surface area contributed by atoms with E-state index in [2.05, 4.69) is 17.5 Å². The van der Waals surface area contributed by atoms with Crippen molar-refractivity contribution in [3.8, 4) is 22.5 Å². The lowest BCUT2D eigenvalue weighted by Crippen LogP contribution is -2.05. The van der Waals surface area contributed by atoms with E-state index in [1.165, 1.54) is 30.3 Å². The predicted octanol–water partition coefficient (Wildman–Crippen LogP) is 6.48. The van der Waals surface area contributed by atoms with E-state index in [1.807, 2.05) is 0 Å². The van der Waals surface area contributed by atoms with Crippen molar-refractivity contribution in [2.45, 2.75) is 6.92 Å². The molecule has 152 valence electrons. The molecule has 0 aliphatic rings. The second-order valence-electron chi connectivity index (χ2n) is 6.52. The Morgan fingerprint density at radius 3 is 2.47 bits per heavy atom. The largest absolute Gasteiger partial charge is 0.462 e. The topological polar surface area (TPSA) is 51.5 Å². The Morgan fingerprint density at radius 2 is 1.80 bits per heavy atom. The first kappa shape index (κ1) is 20.0. The van der Waals surface area contributed by atoms with Crippen LogP contribution in [0.1, 0.15) is 17.3 Å². The van der Waals surface area contributed by atoms with Gasteiger partial charge in [-0.05, 0) is 43.3 Å². The van der Waals surface area contributed by atoms with E-state index in [0.717, 1.165) is 0 Å². The lowest BCUT2D eigenvalue weighted by atomic mass is 9.98. The van der Waals surface area contributed by atoms with Crippen molar-refractivity contribution in [3.05, 3.63) is 77.9 Å². The fourth-order valence-corrected chi connectivity index (χ4v) is 3.53. The Kier molecular flexibility index (Phi) is 5.46. The first-order valence-electron chi connectivity index (χ1n) is 9.22. The Hall–Kier alpha value is -3.32. The molecule has 0 fully saturated rings. The zero-order chi connectivity index (χ0) is 21.3. The molecule has 1 N–H and O–H groups in total. The molecule has 0 spiro atoms. The minimum atomic E-state index is -0.582. The molecule has 30 heavy (non-hydrogen) atoms. The fraction of sp³-hybridized carbons (Fsp3) is 0.0870. The summed E-state index contributed by atoms with van der Waals surface area (Å²) in [5.74, 6) is -1.15. The number of ether oxygens (including phenoxy) is 1. The maximum Gasteiger partial charge on any atom is 0.342 e. The Labute approximate surface area is 177 Å². The van der Waals surface area contributed by atoms with Crippen molar-refractivity contribution < 1.29 is 22.7 Å². The second-order valence-corrected chi connectivity index (χ2v) is 6.74. The van der Waals surface area contributed by atoms with Crippen LogP contribution in [0.2, 0.25) is 0 Å². The van der Waals surface area contributed by atoms with Gasteiger partial charge in [-0.25, -0.2) is 13.6 Å². The maximum absolute atomic E-state index is 14.5. The molecule has 0 aliphatic carbocycles. The maximum atomic E-state index is 14.5. The van der Waals surface area contributed by atoms with Crippen molar-refractivity contribution in [2.75, 3.05) is 11.3 Å². The average molecular weight is 425 g/mol. The smallest absolute Gasteiger partial charge is 0.342 e. The molecular formula is C23H17F2NO3S. The molecule has 4 nitrogen and oxygen atoms in total. The molecule has 0 radical (unpaired) electrons. The van der Waals surface area contributed by atoms with E-state index in [-0.39, 0.29) is 17.9 Å². The highest BCUT2D eigenvalue weighted by molar-refractivity contribution is 7.81. The third-order valence-electron chi connectivity index (χ3n) is 4.70. The van der Waals surface area contributed by atoms with Gasteiger partial charge in [0, 0.05) is 28.1 Å². The predicted molar refractivity (Wildman–Crippen MR) is 116 cm³/mol. The van der Waals surface area contributed by atoms with Crippen LogP contribution in [-0.4, -0.2) is 12.6 Å². The second kappa shape index (κ2) is 8.20. The summed E-state index contributed by atoms with van der Waals surface area (Å²) < 4.78 is 41.8. The van der Waals surface area contributed by atoms with Crippen LogP contribution in [0.15, 0.2) is 65.1 Å². The number of fused-ring (bicyclic) bond motifs is 1. The van der Waals surface area contributed by atoms with Crippen LogP contribution >= 0.6 is 12.8 Å². The van der Waals surface area contributed by atoms with Gasteiger partial charge in [-0.3, -0.25) is 0 Å². The zero-order valence-corrected chi connectivity index (χ0v) is 16.8. The van der Waals surface area contributed by atoms with E-state index < -0.39 is 17.6 Å². The van der Waals surface area contributed by atoms with E-state index >= 15 is 0 Å². The molecule has 0 saturated carbocycles. The van der Waals surface area contributed by atoms with Crippen LogP contribution in [0.3, 0.4) is 0 Å². The van der Waals surface area contributed by atoms with E-state index in [4.69, 9.17) is 9.15 Å². The quantitative estimate of drug-likeness (QED) is 0.284. The number of hydrogen-bond acceptors (Lipinski definition) is 5. The molecule has 0 bridgehead atoms. The summed E-state index contributed by atoms with van der Waals surface area (Å²) in [5.41, 5.74) is 2.45. The third kappa shape index (κ3) is 3.52. The Balaban J connectivity index is 2.02. The minimum Gasteiger partial charge on any atom is -0.462 e. The van der Waals surface area contributed by atoms with Crippen molar-refractivity contribution in [3.63, 3.8) is 0 Å². The van der Waals surface area contributed by atoms with Gasteiger partial charge in [0.05, 0.1) is 12.3 Å². The summed E-state index contributed by atoms with van der Waals surface area (Å²) in [6.07, 6.45) is 0. The SMILES string of the molecule is CCOC(=O)c1c(-c2ccc(F)cc2)oc2cc(NS)c(-c3ccccc3F)cc12. The number of thiol groups is 1. The van der Waals surface area contributed by atoms with Crippen LogP contribution in [0.4, 0.5) is 14.5 Å². The minimum absolute atomic E-state index is 0.171. The zero-order valence-electron chi connectivity index (χ0n) is 15.9.